The van der Waals surface area contributed by atoms with Crippen LogP contribution in [0.25, 0.3) is 0 Å². The van der Waals surface area contributed by atoms with Crippen molar-refractivity contribution in [3.63, 3.8) is 0 Å². The van der Waals surface area contributed by atoms with E-state index in [-0.39, 0.29) is 6.04 Å². The Bertz CT molecular complexity index is 588. The first-order chi connectivity index (χ1) is 9.60. The van der Waals surface area contributed by atoms with Crippen LogP contribution in [0.2, 0.25) is 5.02 Å². The van der Waals surface area contributed by atoms with Gasteiger partial charge in [0.15, 0.2) is 0 Å². The van der Waals surface area contributed by atoms with Crippen molar-refractivity contribution in [1.82, 2.24) is 5.32 Å². The van der Waals surface area contributed by atoms with E-state index in [1.54, 1.807) is 7.11 Å². The summed E-state index contributed by atoms with van der Waals surface area (Å²) in [5, 5.41) is 4.22. The van der Waals surface area contributed by atoms with Crippen molar-refractivity contribution in [1.29, 1.82) is 0 Å². The molecule has 0 spiro atoms. The zero-order valence-corrected chi connectivity index (χ0v) is 13.8. The maximum Gasteiger partial charge on any atom is 0.119 e. The molecular formula is C16H17BrClNO. The van der Waals surface area contributed by atoms with E-state index in [1.165, 1.54) is 5.56 Å². The summed E-state index contributed by atoms with van der Waals surface area (Å²) in [5.74, 6) is 0.878. The predicted octanol–water partition coefficient (Wildman–Crippen LogP) is 4.96. The Morgan fingerprint density at radius 1 is 1.25 bits per heavy atom. The molecule has 2 aromatic rings. The molecule has 20 heavy (non-hydrogen) atoms. The van der Waals surface area contributed by atoms with Crippen molar-refractivity contribution >= 4 is 27.5 Å². The molecule has 2 rings (SSSR count). The summed E-state index contributed by atoms with van der Waals surface area (Å²) in [4.78, 5) is 0. The van der Waals surface area contributed by atoms with E-state index in [2.05, 4.69) is 40.3 Å². The molecule has 0 aliphatic heterocycles. The molecule has 0 aliphatic rings. The average Bonchev–Trinajstić information content (AvgIpc) is 2.48. The van der Waals surface area contributed by atoms with E-state index in [9.17, 15) is 0 Å². The number of ether oxygens (including phenoxy) is 1. The Kier molecular flexibility index (Phi) is 5.46. The second-order valence-corrected chi connectivity index (χ2v) is 5.89. The summed E-state index contributed by atoms with van der Waals surface area (Å²) in [6, 6.07) is 14.3. The fourth-order valence-corrected chi connectivity index (χ4v) is 2.40. The smallest absolute Gasteiger partial charge is 0.119 e. The van der Waals surface area contributed by atoms with Crippen molar-refractivity contribution in [3.05, 3.63) is 63.1 Å². The summed E-state index contributed by atoms with van der Waals surface area (Å²) in [6.45, 7) is 2.90. The van der Waals surface area contributed by atoms with E-state index >= 15 is 0 Å². The van der Waals surface area contributed by atoms with Crippen molar-refractivity contribution in [2.75, 3.05) is 7.11 Å². The molecule has 0 aliphatic carbocycles. The van der Waals surface area contributed by atoms with E-state index in [4.69, 9.17) is 16.3 Å². The van der Waals surface area contributed by atoms with Crippen molar-refractivity contribution in [3.8, 4) is 5.75 Å². The quantitative estimate of drug-likeness (QED) is 0.819. The minimum absolute atomic E-state index is 0.243. The van der Waals surface area contributed by atoms with E-state index in [0.29, 0.717) is 0 Å². The third kappa shape index (κ3) is 3.98. The predicted molar refractivity (Wildman–Crippen MR) is 87.4 cm³/mol. The highest BCUT2D eigenvalue weighted by atomic mass is 79.9. The Morgan fingerprint density at radius 3 is 2.75 bits per heavy atom. The van der Waals surface area contributed by atoms with Gasteiger partial charge in [0.05, 0.1) is 12.1 Å². The molecule has 0 unspecified atom stereocenters. The maximum absolute atomic E-state index is 6.09. The number of rotatable bonds is 5. The highest BCUT2D eigenvalue weighted by Crippen LogP contribution is 2.24. The Hall–Kier alpha value is -1.03. The van der Waals surface area contributed by atoms with Crippen molar-refractivity contribution in [2.24, 2.45) is 0 Å². The summed E-state index contributed by atoms with van der Waals surface area (Å²) in [7, 11) is 1.68. The van der Waals surface area contributed by atoms with Crippen molar-refractivity contribution in [2.45, 2.75) is 19.5 Å². The molecule has 2 aromatic carbocycles. The van der Waals surface area contributed by atoms with Gasteiger partial charge in [0, 0.05) is 17.1 Å². The van der Waals surface area contributed by atoms with Gasteiger partial charge in [-0.25, -0.2) is 0 Å². The molecule has 1 N–H and O–H groups in total. The molecule has 0 bridgehead atoms. The lowest BCUT2D eigenvalue weighted by Gasteiger charge is -2.15. The van der Waals surface area contributed by atoms with Gasteiger partial charge in [0.2, 0.25) is 0 Å². The summed E-state index contributed by atoms with van der Waals surface area (Å²) in [5.41, 5.74) is 2.36. The summed E-state index contributed by atoms with van der Waals surface area (Å²) in [6.07, 6.45) is 0. The van der Waals surface area contributed by atoms with Gasteiger partial charge in [-0.3, -0.25) is 0 Å². The summed E-state index contributed by atoms with van der Waals surface area (Å²) < 4.78 is 6.17. The fraction of sp³-hybridized carbons (Fsp3) is 0.250. The number of benzene rings is 2. The Balaban J connectivity index is 2.00. The van der Waals surface area contributed by atoms with Gasteiger partial charge in [-0.15, -0.1) is 0 Å². The lowest BCUT2D eigenvalue weighted by Crippen LogP contribution is -2.18. The van der Waals surface area contributed by atoms with Gasteiger partial charge in [-0.1, -0.05) is 29.8 Å². The maximum atomic E-state index is 6.09. The van der Waals surface area contributed by atoms with Crippen LogP contribution in [0.5, 0.6) is 5.75 Å². The Morgan fingerprint density at radius 2 is 2.05 bits per heavy atom. The monoisotopic (exact) mass is 353 g/mol. The Labute approximate surface area is 133 Å². The molecule has 0 aromatic heterocycles. The van der Waals surface area contributed by atoms with Crippen LogP contribution in [0.15, 0.2) is 46.9 Å². The van der Waals surface area contributed by atoms with Crippen LogP contribution in [0.3, 0.4) is 0 Å². The molecular weight excluding hydrogens is 338 g/mol. The first kappa shape index (κ1) is 15.4. The topological polar surface area (TPSA) is 21.3 Å². The normalized spacial score (nSPS) is 12.2. The standard InChI is InChI=1S/C16H17BrClNO/c1-11(13-4-3-5-14(9-13)20-2)19-10-12-6-7-15(17)16(18)8-12/h3-9,11,19H,10H2,1-2H3/t11-/m1/s1. The third-order valence-electron chi connectivity index (χ3n) is 3.19. The molecule has 0 saturated carbocycles. The SMILES string of the molecule is COc1cccc([C@@H](C)NCc2ccc(Br)c(Cl)c2)c1. The van der Waals surface area contributed by atoms with E-state index in [1.807, 2.05) is 30.3 Å². The minimum Gasteiger partial charge on any atom is -0.497 e. The van der Waals surface area contributed by atoms with E-state index < -0.39 is 0 Å². The molecule has 0 amide bonds. The molecule has 0 heterocycles. The molecule has 2 nitrogen and oxygen atoms in total. The van der Waals surface area contributed by atoms with Gasteiger partial charge >= 0.3 is 0 Å². The first-order valence-electron chi connectivity index (χ1n) is 6.41. The largest absolute Gasteiger partial charge is 0.497 e. The van der Waals surface area contributed by atoms with Gasteiger partial charge in [-0.05, 0) is 58.2 Å². The number of methoxy groups -OCH3 is 1. The highest BCUT2D eigenvalue weighted by molar-refractivity contribution is 9.10. The summed E-state index contributed by atoms with van der Waals surface area (Å²) >= 11 is 9.49. The van der Waals surface area contributed by atoms with Gasteiger partial charge in [-0.2, -0.15) is 0 Å². The lowest BCUT2D eigenvalue weighted by molar-refractivity contribution is 0.413. The molecule has 0 saturated heterocycles. The molecule has 0 radical (unpaired) electrons. The molecule has 0 fully saturated rings. The van der Waals surface area contributed by atoms with Crippen LogP contribution < -0.4 is 10.1 Å². The molecule has 4 heteroatoms. The number of halogens is 2. The van der Waals surface area contributed by atoms with Crippen LogP contribution in [-0.4, -0.2) is 7.11 Å². The van der Waals surface area contributed by atoms with Gasteiger partial charge < -0.3 is 10.1 Å². The van der Waals surface area contributed by atoms with Crippen LogP contribution in [0.4, 0.5) is 0 Å². The zero-order chi connectivity index (χ0) is 14.5. The van der Waals surface area contributed by atoms with Gasteiger partial charge in [0.25, 0.3) is 0 Å². The van der Waals surface area contributed by atoms with E-state index in [0.717, 1.165) is 27.4 Å². The molecule has 1 atom stereocenters. The fourth-order valence-electron chi connectivity index (χ4n) is 1.95. The van der Waals surface area contributed by atoms with Crippen LogP contribution >= 0.6 is 27.5 Å². The number of hydrogen-bond donors (Lipinski definition) is 1. The van der Waals surface area contributed by atoms with Gasteiger partial charge in [0.1, 0.15) is 5.75 Å². The lowest BCUT2D eigenvalue weighted by atomic mass is 10.1. The third-order valence-corrected chi connectivity index (χ3v) is 4.42. The van der Waals surface area contributed by atoms with Crippen molar-refractivity contribution < 1.29 is 4.74 Å². The first-order valence-corrected chi connectivity index (χ1v) is 7.58. The zero-order valence-electron chi connectivity index (χ0n) is 11.5. The second-order valence-electron chi connectivity index (χ2n) is 4.63. The van der Waals surface area contributed by atoms with Crippen LogP contribution in [0, 0.1) is 0 Å². The van der Waals surface area contributed by atoms with Crippen LogP contribution in [0.1, 0.15) is 24.1 Å². The second kappa shape index (κ2) is 7.11. The average molecular weight is 355 g/mol. The molecule has 106 valence electrons. The highest BCUT2D eigenvalue weighted by Gasteiger charge is 2.06. The number of nitrogens with one attached hydrogen (secondary N) is 1. The minimum atomic E-state index is 0.243. The van der Waals surface area contributed by atoms with Crippen LogP contribution in [-0.2, 0) is 6.54 Å². The number of hydrogen-bond acceptors (Lipinski definition) is 2.